The lowest BCUT2D eigenvalue weighted by molar-refractivity contribution is 0.0963. The molecule has 0 saturated heterocycles. The number of hydrogen-bond acceptors (Lipinski definition) is 3. The molecule has 4 heteroatoms. The van der Waals surface area contributed by atoms with E-state index in [4.69, 9.17) is 4.74 Å². The average molecular weight is 346 g/mol. The number of Topliss-reactive ketones (excluding diaryl/α,β-unsaturated/α-hetero) is 1. The summed E-state index contributed by atoms with van der Waals surface area (Å²) in [5, 5.41) is 4.68. The standard InChI is InChI=1S/C22H22N2O2/c1-14-8-10-17(11-9-14)24-19-12-16(13-20(25)22(19)15(2)23-24)18-6-4-5-7-21(18)26-3/h4-11,16H,12-13H2,1-3H3/t16-/m0/s1. The summed E-state index contributed by atoms with van der Waals surface area (Å²) in [5.41, 5.74) is 5.88. The number of benzene rings is 2. The van der Waals surface area contributed by atoms with Gasteiger partial charge in [-0.05, 0) is 44.0 Å². The first kappa shape index (κ1) is 16.6. The van der Waals surface area contributed by atoms with E-state index in [9.17, 15) is 4.79 Å². The van der Waals surface area contributed by atoms with E-state index in [1.807, 2.05) is 29.8 Å². The van der Waals surface area contributed by atoms with Gasteiger partial charge in [-0.25, -0.2) is 4.68 Å². The molecule has 0 N–H and O–H groups in total. The van der Waals surface area contributed by atoms with E-state index in [0.717, 1.165) is 40.4 Å². The molecule has 0 amide bonds. The first-order chi connectivity index (χ1) is 12.6. The lowest BCUT2D eigenvalue weighted by atomic mass is 9.81. The Morgan fingerprint density at radius 2 is 1.77 bits per heavy atom. The molecular weight excluding hydrogens is 324 g/mol. The summed E-state index contributed by atoms with van der Waals surface area (Å²) in [6, 6.07) is 16.2. The highest BCUT2D eigenvalue weighted by atomic mass is 16.5. The molecule has 1 aliphatic rings. The number of ketones is 1. The van der Waals surface area contributed by atoms with Gasteiger partial charge in [-0.15, -0.1) is 0 Å². The van der Waals surface area contributed by atoms with Crippen LogP contribution in [0.1, 0.15) is 45.2 Å². The largest absolute Gasteiger partial charge is 0.496 e. The van der Waals surface area contributed by atoms with Crippen LogP contribution in [-0.2, 0) is 6.42 Å². The summed E-state index contributed by atoms with van der Waals surface area (Å²) < 4.78 is 7.46. The maximum absolute atomic E-state index is 12.9. The van der Waals surface area contributed by atoms with Gasteiger partial charge < -0.3 is 4.74 Å². The third-order valence-corrected chi connectivity index (χ3v) is 5.16. The number of carbonyl (C=O) groups excluding carboxylic acids is 1. The van der Waals surface area contributed by atoms with Gasteiger partial charge in [0.15, 0.2) is 5.78 Å². The highest BCUT2D eigenvalue weighted by Crippen LogP contribution is 2.38. The van der Waals surface area contributed by atoms with Gasteiger partial charge in [0.05, 0.1) is 29.7 Å². The van der Waals surface area contributed by atoms with Crippen molar-refractivity contribution in [3.63, 3.8) is 0 Å². The van der Waals surface area contributed by atoms with Crippen LogP contribution in [0.4, 0.5) is 0 Å². The minimum Gasteiger partial charge on any atom is -0.496 e. The molecule has 0 saturated carbocycles. The van der Waals surface area contributed by atoms with Gasteiger partial charge >= 0.3 is 0 Å². The Bertz CT molecular complexity index is 970. The lowest BCUT2D eigenvalue weighted by Crippen LogP contribution is -2.21. The molecule has 0 spiro atoms. The Balaban J connectivity index is 1.80. The van der Waals surface area contributed by atoms with Gasteiger partial charge in [0.25, 0.3) is 0 Å². The number of aromatic nitrogens is 2. The van der Waals surface area contributed by atoms with Crippen LogP contribution in [0.25, 0.3) is 5.69 Å². The zero-order valence-corrected chi connectivity index (χ0v) is 15.3. The van der Waals surface area contributed by atoms with Gasteiger partial charge in [-0.1, -0.05) is 35.9 Å². The number of para-hydroxylation sites is 1. The Hall–Kier alpha value is -2.88. The Morgan fingerprint density at radius 1 is 1.04 bits per heavy atom. The average Bonchev–Trinajstić information content (AvgIpc) is 2.99. The molecule has 3 aromatic rings. The summed E-state index contributed by atoms with van der Waals surface area (Å²) in [5.74, 6) is 1.11. The van der Waals surface area contributed by atoms with E-state index in [0.29, 0.717) is 6.42 Å². The van der Waals surface area contributed by atoms with Crippen molar-refractivity contribution in [2.24, 2.45) is 0 Å². The SMILES string of the molecule is COc1ccccc1[C@@H]1CC(=O)c2c(C)nn(-c3ccc(C)cc3)c2C1. The van der Waals surface area contributed by atoms with Gasteiger partial charge in [-0.3, -0.25) is 4.79 Å². The van der Waals surface area contributed by atoms with Gasteiger partial charge in [0.2, 0.25) is 0 Å². The molecule has 4 nitrogen and oxygen atoms in total. The number of fused-ring (bicyclic) bond motifs is 1. The highest BCUT2D eigenvalue weighted by molar-refractivity contribution is 6.00. The molecule has 0 aliphatic heterocycles. The fraction of sp³-hybridized carbons (Fsp3) is 0.273. The van der Waals surface area contributed by atoms with Crippen LogP contribution < -0.4 is 4.74 Å². The maximum Gasteiger partial charge on any atom is 0.167 e. The van der Waals surface area contributed by atoms with Crippen molar-refractivity contribution in [3.05, 3.63) is 76.6 Å². The molecule has 0 bridgehead atoms. The minimum absolute atomic E-state index is 0.103. The van der Waals surface area contributed by atoms with E-state index in [-0.39, 0.29) is 11.7 Å². The molecule has 1 aromatic heterocycles. The molecule has 2 aromatic carbocycles. The van der Waals surface area contributed by atoms with Crippen LogP contribution in [0.15, 0.2) is 48.5 Å². The van der Waals surface area contributed by atoms with E-state index >= 15 is 0 Å². The van der Waals surface area contributed by atoms with Crippen LogP contribution in [0.3, 0.4) is 0 Å². The van der Waals surface area contributed by atoms with E-state index in [2.05, 4.69) is 42.4 Å². The quantitative estimate of drug-likeness (QED) is 0.705. The van der Waals surface area contributed by atoms with Crippen LogP contribution in [0.2, 0.25) is 0 Å². The Labute approximate surface area is 153 Å². The molecule has 0 radical (unpaired) electrons. The number of rotatable bonds is 3. The molecule has 0 fully saturated rings. The number of nitrogens with zero attached hydrogens (tertiary/aromatic N) is 2. The Morgan fingerprint density at radius 3 is 2.50 bits per heavy atom. The second-order valence-electron chi connectivity index (χ2n) is 6.92. The lowest BCUT2D eigenvalue weighted by Gasteiger charge is -2.24. The maximum atomic E-state index is 12.9. The summed E-state index contributed by atoms with van der Waals surface area (Å²) in [7, 11) is 1.68. The zero-order chi connectivity index (χ0) is 18.3. The van der Waals surface area contributed by atoms with Gasteiger partial charge in [-0.2, -0.15) is 5.10 Å². The molecule has 1 heterocycles. The number of ether oxygens (including phenoxy) is 1. The highest BCUT2D eigenvalue weighted by Gasteiger charge is 2.33. The van der Waals surface area contributed by atoms with Crippen molar-refractivity contribution in [2.45, 2.75) is 32.6 Å². The predicted molar refractivity (Wildman–Crippen MR) is 101 cm³/mol. The second-order valence-corrected chi connectivity index (χ2v) is 6.92. The third kappa shape index (κ3) is 2.71. The number of aryl methyl sites for hydroxylation is 2. The smallest absolute Gasteiger partial charge is 0.167 e. The van der Waals surface area contributed by atoms with Crippen molar-refractivity contribution >= 4 is 5.78 Å². The minimum atomic E-state index is 0.103. The van der Waals surface area contributed by atoms with E-state index < -0.39 is 0 Å². The number of hydrogen-bond donors (Lipinski definition) is 0. The van der Waals surface area contributed by atoms with Gasteiger partial charge in [0, 0.05) is 12.3 Å². The van der Waals surface area contributed by atoms with Crippen molar-refractivity contribution in [1.29, 1.82) is 0 Å². The molecule has 1 atom stereocenters. The molecule has 0 unspecified atom stereocenters. The van der Waals surface area contributed by atoms with E-state index in [1.165, 1.54) is 5.56 Å². The molecular formula is C22H22N2O2. The molecule has 26 heavy (non-hydrogen) atoms. The summed E-state index contributed by atoms with van der Waals surface area (Å²) in [6.07, 6.45) is 1.27. The molecule has 1 aliphatic carbocycles. The number of methoxy groups -OCH3 is 1. The van der Waals surface area contributed by atoms with Crippen molar-refractivity contribution in [3.8, 4) is 11.4 Å². The van der Waals surface area contributed by atoms with Crippen LogP contribution in [0, 0.1) is 13.8 Å². The fourth-order valence-corrected chi connectivity index (χ4v) is 3.88. The first-order valence-corrected chi connectivity index (χ1v) is 8.90. The van der Waals surface area contributed by atoms with Crippen LogP contribution >= 0.6 is 0 Å². The normalized spacial score (nSPS) is 16.4. The van der Waals surface area contributed by atoms with Crippen LogP contribution in [0.5, 0.6) is 5.75 Å². The monoisotopic (exact) mass is 346 g/mol. The predicted octanol–water partition coefficient (Wildman–Crippen LogP) is 4.41. The van der Waals surface area contributed by atoms with Crippen molar-refractivity contribution in [2.75, 3.05) is 7.11 Å². The third-order valence-electron chi connectivity index (χ3n) is 5.16. The molecule has 132 valence electrons. The van der Waals surface area contributed by atoms with Crippen molar-refractivity contribution in [1.82, 2.24) is 9.78 Å². The van der Waals surface area contributed by atoms with Crippen molar-refractivity contribution < 1.29 is 9.53 Å². The Kier molecular flexibility index (Phi) is 4.11. The molecule has 4 rings (SSSR count). The summed E-state index contributed by atoms with van der Waals surface area (Å²) in [6.45, 7) is 3.99. The first-order valence-electron chi connectivity index (χ1n) is 8.90. The summed E-state index contributed by atoms with van der Waals surface area (Å²) in [4.78, 5) is 12.9. The topological polar surface area (TPSA) is 44.1 Å². The van der Waals surface area contributed by atoms with Gasteiger partial charge in [0.1, 0.15) is 5.75 Å². The number of carbonyl (C=O) groups is 1. The zero-order valence-electron chi connectivity index (χ0n) is 15.3. The summed E-state index contributed by atoms with van der Waals surface area (Å²) >= 11 is 0. The van der Waals surface area contributed by atoms with Crippen LogP contribution in [-0.4, -0.2) is 22.7 Å². The van der Waals surface area contributed by atoms with E-state index in [1.54, 1.807) is 7.11 Å². The fourth-order valence-electron chi connectivity index (χ4n) is 3.88. The second kappa shape index (κ2) is 6.45.